The molecule has 2 unspecified atom stereocenters. The van der Waals surface area contributed by atoms with Crippen LogP contribution in [0.3, 0.4) is 0 Å². The maximum Gasteiger partial charge on any atom is 0.0431 e. The molecule has 1 saturated carbocycles. The molecule has 0 spiro atoms. The summed E-state index contributed by atoms with van der Waals surface area (Å²) in [7, 11) is 0. The minimum Gasteiger partial charge on any atom is -0.396 e. The van der Waals surface area contributed by atoms with E-state index in [-0.39, 0.29) is 0 Å². The first-order chi connectivity index (χ1) is 5.83. The van der Waals surface area contributed by atoms with Crippen molar-refractivity contribution >= 4 is 0 Å². The van der Waals surface area contributed by atoms with Crippen LogP contribution in [0.1, 0.15) is 51.9 Å². The molecule has 0 saturated heterocycles. The van der Waals surface area contributed by atoms with Crippen molar-refractivity contribution in [1.29, 1.82) is 0 Å². The predicted octanol–water partition coefficient (Wildman–Crippen LogP) is 2.98. The predicted molar refractivity (Wildman–Crippen MR) is 52.1 cm³/mol. The largest absolute Gasteiger partial charge is 0.396 e. The van der Waals surface area contributed by atoms with Gasteiger partial charge in [0.2, 0.25) is 0 Å². The Balaban J connectivity index is 2.17. The fraction of sp³-hybridized carbons (Fsp3) is 1.00. The molecule has 1 aliphatic rings. The first kappa shape index (κ1) is 10.0. The molecule has 0 aromatic rings. The van der Waals surface area contributed by atoms with Gasteiger partial charge in [-0.25, -0.2) is 0 Å². The van der Waals surface area contributed by atoms with E-state index in [1.807, 2.05) is 0 Å². The first-order valence-corrected chi connectivity index (χ1v) is 5.43. The molecule has 0 aromatic carbocycles. The van der Waals surface area contributed by atoms with Gasteiger partial charge in [0, 0.05) is 6.61 Å². The Kier molecular flexibility index (Phi) is 4.67. The Hall–Kier alpha value is -0.0400. The van der Waals surface area contributed by atoms with Gasteiger partial charge in [-0.05, 0) is 24.7 Å². The molecule has 1 fully saturated rings. The second kappa shape index (κ2) is 5.58. The van der Waals surface area contributed by atoms with Crippen molar-refractivity contribution in [1.82, 2.24) is 0 Å². The summed E-state index contributed by atoms with van der Waals surface area (Å²) in [6.07, 6.45) is 9.33. The van der Waals surface area contributed by atoms with Crippen LogP contribution in [-0.2, 0) is 0 Å². The maximum atomic E-state index is 8.72. The number of hydrogen-bond acceptors (Lipinski definition) is 1. The lowest BCUT2D eigenvalue weighted by Crippen LogP contribution is -2.00. The molecule has 2 atom stereocenters. The average Bonchev–Trinajstić information content (AvgIpc) is 2.27. The zero-order valence-corrected chi connectivity index (χ0v) is 8.26. The molecule has 1 heteroatoms. The van der Waals surface area contributed by atoms with E-state index < -0.39 is 0 Å². The SMILES string of the molecule is CC1CCCC(CCCO)CC1. The van der Waals surface area contributed by atoms with Gasteiger partial charge in [-0.2, -0.15) is 0 Å². The van der Waals surface area contributed by atoms with E-state index in [1.165, 1.54) is 38.5 Å². The number of aliphatic hydroxyl groups is 1. The van der Waals surface area contributed by atoms with E-state index in [0.717, 1.165) is 18.3 Å². The molecular weight excluding hydrogens is 148 g/mol. The van der Waals surface area contributed by atoms with E-state index in [2.05, 4.69) is 6.92 Å². The second-order valence-electron chi connectivity index (χ2n) is 4.35. The van der Waals surface area contributed by atoms with Crippen molar-refractivity contribution in [3.63, 3.8) is 0 Å². The van der Waals surface area contributed by atoms with Crippen molar-refractivity contribution in [2.75, 3.05) is 6.61 Å². The Labute approximate surface area is 76.2 Å². The summed E-state index contributed by atoms with van der Waals surface area (Å²) in [5.41, 5.74) is 0. The minimum absolute atomic E-state index is 0.381. The third-order valence-electron chi connectivity index (χ3n) is 3.15. The molecule has 1 N–H and O–H groups in total. The number of aliphatic hydroxyl groups excluding tert-OH is 1. The molecule has 72 valence electrons. The summed E-state index contributed by atoms with van der Waals surface area (Å²) >= 11 is 0. The third-order valence-corrected chi connectivity index (χ3v) is 3.15. The van der Waals surface area contributed by atoms with Gasteiger partial charge in [-0.1, -0.05) is 39.0 Å². The van der Waals surface area contributed by atoms with E-state index >= 15 is 0 Å². The standard InChI is InChI=1S/C11H22O/c1-10-4-2-5-11(8-7-10)6-3-9-12/h10-12H,2-9H2,1H3. The van der Waals surface area contributed by atoms with Gasteiger partial charge in [0.05, 0.1) is 0 Å². The fourth-order valence-electron chi connectivity index (χ4n) is 2.23. The van der Waals surface area contributed by atoms with Gasteiger partial charge in [0.25, 0.3) is 0 Å². The Morgan fingerprint density at radius 2 is 2.00 bits per heavy atom. The van der Waals surface area contributed by atoms with Gasteiger partial charge in [-0.3, -0.25) is 0 Å². The van der Waals surface area contributed by atoms with Gasteiger partial charge >= 0.3 is 0 Å². The molecular formula is C11H22O. The summed E-state index contributed by atoms with van der Waals surface area (Å²) < 4.78 is 0. The monoisotopic (exact) mass is 170 g/mol. The van der Waals surface area contributed by atoms with Crippen LogP contribution in [0.25, 0.3) is 0 Å². The molecule has 0 aromatic heterocycles. The maximum absolute atomic E-state index is 8.72. The molecule has 0 amide bonds. The highest BCUT2D eigenvalue weighted by atomic mass is 16.2. The van der Waals surface area contributed by atoms with Crippen molar-refractivity contribution in [3.8, 4) is 0 Å². The Bertz CT molecular complexity index is 110. The van der Waals surface area contributed by atoms with Crippen LogP contribution < -0.4 is 0 Å². The van der Waals surface area contributed by atoms with Crippen molar-refractivity contribution < 1.29 is 5.11 Å². The van der Waals surface area contributed by atoms with E-state index in [1.54, 1.807) is 0 Å². The van der Waals surface area contributed by atoms with Gasteiger partial charge in [0.15, 0.2) is 0 Å². The van der Waals surface area contributed by atoms with Crippen molar-refractivity contribution in [3.05, 3.63) is 0 Å². The van der Waals surface area contributed by atoms with Crippen LogP contribution in [0.15, 0.2) is 0 Å². The lowest BCUT2D eigenvalue weighted by atomic mass is 9.95. The van der Waals surface area contributed by atoms with E-state index in [0.29, 0.717) is 6.61 Å². The second-order valence-corrected chi connectivity index (χ2v) is 4.35. The molecule has 1 aliphatic carbocycles. The highest BCUT2D eigenvalue weighted by Gasteiger charge is 2.15. The summed E-state index contributed by atoms with van der Waals surface area (Å²) in [4.78, 5) is 0. The van der Waals surface area contributed by atoms with Crippen LogP contribution in [0, 0.1) is 11.8 Å². The lowest BCUT2D eigenvalue weighted by molar-refractivity contribution is 0.265. The van der Waals surface area contributed by atoms with Gasteiger partial charge in [-0.15, -0.1) is 0 Å². The molecule has 0 aliphatic heterocycles. The fourth-order valence-corrected chi connectivity index (χ4v) is 2.23. The van der Waals surface area contributed by atoms with Gasteiger partial charge in [0.1, 0.15) is 0 Å². The number of hydrogen-bond donors (Lipinski definition) is 1. The van der Waals surface area contributed by atoms with E-state index in [9.17, 15) is 0 Å². The summed E-state index contributed by atoms with van der Waals surface area (Å²) in [6.45, 7) is 2.75. The summed E-state index contributed by atoms with van der Waals surface area (Å²) in [5, 5.41) is 8.72. The lowest BCUT2D eigenvalue weighted by Gasteiger charge is -2.12. The van der Waals surface area contributed by atoms with Crippen LogP contribution in [0.4, 0.5) is 0 Å². The Morgan fingerprint density at radius 1 is 1.17 bits per heavy atom. The van der Waals surface area contributed by atoms with E-state index in [4.69, 9.17) is 5.11 Å². The zero-order valence-electron chi connectivity index (χ0n) is 8.26. The zero-order chi connectivity index (χ0) is 8.81. The van der Waals surface area contributed by atoms with Gasteiger partial charge < -0.3 is 5.11 Å². The van der Waals surface area contributed by atoms with Crippen LogP contribution in [-0.4, -0.2) is 11.7 Å². The topological polar surface area (TPSA) is 20.2 Å². The normalized spacial score (nSPS) is 31.5. The average molecular weight is 170 g/mol. The van der Waals surface area contributed by atoms with Crippen molar-refractivity contribution in [2.45, 2.75) is 51.9 Å². The van der Waals surface area contributed by atoms with Crippen LogP contribution in [0.5, 0.6) is 0 Å². The highest BCUT2D eigenvalue weighted by Crippen LogP contribution is 2.29. The minimum atomic E-state index is 0.381. The first-order valence-electron chi connectivity index (χ1n) is 5.43. The number of rotatable bonds is 3. The highest BCUT2D eigenvalue weighted by molar-refractivity contribution is 4.67. The summed E-state index contributed by atoms with van der Waals surface area (Å²) in [5.74, 6) is 1.87. The van der Waals surface area contributed by atoms with Crippen molar-refractivity contribution in [2.24, 2.45) is 11.8 Å². The molecule has 0 radical (unpaired) electrons. The molecule has 0 heterocycles. The quantitative estimate of drug-likeness (QED) is 0.646. The Morgan fingerprint density at radius 3 is 2.75 bits per heavy atom. The third kappa shape index (κ3) is 3.57. The molecule has 0 bridgehead atoms. The van der Waals surface area contributed by atoms with Crippen LogP contribution in [0.2, 0.25) is 0 Å². The molecule has 1 rings (SSSR count). The molecule has 1 nitrogen and oxygen atoms in total. The summed E-state index contributed by atoms with van der Waals surface area (Å²) in [6, 6.07) is 0. The van der Waals surface area contributed by atoms with Crippen LogP contribution >= 0.6 is 0 Å². The molecule has 12 heavy (non-hydrogen) atoms. The smallest absolute Gasteiger partial charge is 0.0431 e.